The first-order chi connectivity index (χ1) is 5.74. The molecule has 1 rings (SSSR count). The first-order valence-electron chi connectivity index (χ1n) is 4.14. The van der Waals surface area contributed by atoms with Crippen molar-refractivity contribution in [2.24, 2.45) is 0 Å². The maximum absolute atomic E-state index is 8.57. The summed E-state index contributed by atoms with van der Waals surface area (Å²) in [5.74, 6) is 1.84. The number of hydrogen-bond acceptors (Lipinski definition) is 3. The summed E-state index contributed by atoms with van der Waals surface area (Å²) in [6.07, 6.45) is 0. The van der Waals surface area contributed by atoms with Crippen molar-refractivity contribution in [2.45, 2.75) is 19.9 Å². The van der Waals surface area contributed by atoms with E-state index in [4.69, 9.17) is 9.52 Å². The van der Waals surface area contributed by atoms with Crippen LogP contribution < -0.4 is 5.32 Å². The largest absolute Gasteiger partial charge is 0.465 e. The smallest absolute Gasteiger partial charge is 0.120 e. The highest BCUT2D eigenvalue weighted by Crippen LogP contribution is 2.14. The number of furan rings is 1. The average Bonchev–Trinajstić information content (AvgIpc) is 2.47. The van der Waals surface area contributed by atoms with E-state index in [2.05, 4.69) is 5.32 Å². The number of aliphatic hydroxyl groups is 1. The third-order valence-corrected chi connectivity index (χ3v) is 1.75. The van der Waals surface area contributed by atoms with Crippen molar-refractivity contribution in [3.05, 3.63) is 23.7 Å². The monoisotopic (exact) mass is 169 g/mol. The fraction of sp³-hybridized carbons (Fsp3) is 0.556. The molecule has 0 amide bonds. The molecule has 0 radical (unpaired) electrons. The maximum atomic E-state index is 8.57. The minimum absolute atomic E-state index is 0.157. The SMILES string of the molecule is Cc1ccc(C(C)NCCO)o1. The summed E-state index contributed by atoms with van der Waals surface area (Å²) in [4.78, 5) is 0. The van der Waals surface area contributed by atoms with E-state index in [1.807, 2.05) is 26.0 Å². The predicted octanol–water partition coefficient (Wildman–Crippen LogP) is 1.23. The van der Waals surface area contributed by atoms with Crippen molar-refractivity contribution in [3.8, 4) is 0 Å². The van der Waals surface area contributed by atoms with Gasteiger partial charge in [0.15, 0.2) is 0 Å². The van der Waals surface area contributed by atoms with E-state index in [1.165, 1.54) is 0 Å². The summed E-state index contributed by atoms with van der Waals surface area (Å²) >= 11 is 0. The molecule has 0 aromatic carbocycles. The third-order valence-electron chi connectivity index (χ3n) is 1.75. The molecular formula is C9H15NO2. The highest BCUT2D eigenvalue weighted by atomic mass is 16.3. The Bertz CT molecular complexity index is 232. The van der Waals surface area contributed by atoms with E-state index >= 15 is 0 Å². The second kappa shape index (κ2) is 4.28. The minimum Gasteiger partial charge on any atom is -0.465 e. The topological polar surface area (TPSA) is 45.4 Å². The van der Waals surface area contributed by atoms with Crippen LogP contribution in [0.3, 0.4) is 0 Å². The van der Waals surface area contributed by atoms with Crippen molar-refractivity contribution < 1.29 is 9.52 Å². The number of rotatable bonds is 4. The molecule has 3 nitrogen and oxygen atoms in total. The predicted molar refractivity (Wildman–Crippen MR) is 46.9 cm³/mol. The van der Waals surface area contributed by atoms with Crippen molar-refractivity contribution in [3.63, 3.8) is 0 Å². The summed E-state index contributed by atoms with van der Waals surface area (Å²) < 4.78 is 5.40. The maximum Gasteiger partial charge on any atom is 0.120 e. The van der Waals surface area contributed by atoms with Crippen LogP contribution in [0, 0.1) is 6.92 Å². The van der Waals surface area contributed by atoms with Gasteiger partial charge in [-0.3, -0.25) is 0 Å². The van der Waals surface area contributed by atoms with Crippen LogP contribution in [0.15, 0.2) is 16.5 Å². The molecule has 0 saturated heterocycles. The molecule has 2 N–H and O–H groups in total. The van der Waals surface area contributed by atoms with Gasteiger partial charge in [-0.05, 0) is 26.0 Å². The van der Waals surface area contributed by atoms with E-state index in [1.54, 1.807) is 0 Å². The molecule has 68 valence electrons. The van der Waals surface area contributed by atoms with Crippen molar-refractivity contribution in [1.29, 1.82) is 0 Å². The Kier molecular flexibility index (Phi) is 3.31. The van der Waals surface area contributed by atoms with Crippen LogP contribution in [0.4, 0.5) is 0 Å². The Balaban J connectivity index is 2.47. The Hall–Kier alpha value is -0.800. The zero-order valence-electron chi connectivity index (χ0n) is 7.50. The summed E-state index contributed by atoms with van der Waals surface area (Å²) in [6.45, 7) is 4.68. The first kappa shape index (κ1) is 9.29. The van der Waals surface area contributed by atoms with Gasteiger partial charge in [0.2, 0.25) is 0 Å². The first-order valence-corrected chi connectivity index (χ1v) is 4.14. The molecule has 1 aromatic rings. The van der Waals surface area contributed by atoms with Gasteiger partial charge in [-0.15, -0.1) is 0 Å². The summed E-state index contributed by atoms with van der Waals surface area (Å²) in [7, 11) is 0. The summed E-state index contributed by atoms with van der Waals surface area (Å²) in [5.41, 5.74) is 0. The van der Waals surface area contributed by atoms with E-state index in [-0.39, 0.29) is 12.6 Å². The fourth-order valence-electron chi connectivity index (χ4n) is 1.07. The molecule has 1 heterocycles. The normalized spacial score (nSPS) is 13.2. The number of aryl methyl sites for hydroxylation is 1. The molecule has 0 fully saturated rings. The number of hydrogen-bond donors (Lipinski definition) is 2. The lowest BCUT2D eigenvalue weighted by atomic mass is 10.2. The van der Waals surface area contributed by atoms with Gasteiger partial charge < -0.3 is 14.8 Å². The van der Waals surface area contributed by atoms with E-state index in [0.717, 1.165) is 11.5 Å². The standard InChI is InChI=1S/C9H15NO2/c1-7-3-4-9(12-7)8(2)10-5-6-11/h3-4,8,10-11H,5-6H2,1-2H3. The zero-order valence-corrected chi connectivity index (χ0v) is 7.50. The van der Waals surface area contributed by atoms with Crippen LogP contribution in [0.25, 0.3) is 0 Å². The Morgan fingerprint density at radius 1 is 1.58 bits per heavy atom. The zero-order chi connectivity index (χ0) is 8.97. The molecule has 0 aliphatic rings. The molecule has 3 heteroatoms. The molecule has 1 atom stereocenters. The van der Waals surface area contributed by atoms with Gasteiger partial charge in [0, 0.05) is 6.54 Å². The van der Waals surface area contributed by atoms with Gasteiger partial charge in [-0.2, -0.15) is 0 Å². The minimum atomic E-state index is 0.157. The van der Waals surface area contributed by atoms with E-state index in [0.29, 0.717) is 6.54 Å². The molecule has 1 unspecified atom stereocenters. The van der Waals surface area contributed by atoms with Crippen LogP contribution in [0.1, 0.15) is 24.5 Å². The van der Waals surface area contributed by atoms with Crippen LogP contribution in [0.2, 0.25) is 0 Å². The quantitative estimate of drug-likeness (QED) is 0.712. The van der Waals surface area contributed by atoms with Gasteiger partial charge in [-0.25, -0.2) is 0 Å². The van der Waals surface area contributed by atoms with Crippen LogP contribution in [-0.2, 0) is 0 Å². The van der Waals surface area contributed by atoms with E-state index < -0.39 is 0 Å². The Morgan fingerprint density at radius 3 is 2.83 bits per heavy atom. The highest BCUT2D eigenvalue weighted by Gasteiger charge is 2.07. The van der Waals surface area contributed by atoms with Crippen molar-refractivity contribution >= 4 is 0 Å². The average molecular weight is 169 g/mol. The lowest BCUT2D eigenvalue weighted by Gasteiger charge is -2.08. The van der Waals surface area contributed by atoms with Gasteiger partial charge in [0.25, 0.3) is 0 Å². The molecule has 0 saturated carbocycles. The Labute approximate surface area is 72.4 Å². The third kappa shape index (κ3) is 2.36. The molecule has 0 spiro atoms. The molecule has 0 aliphatic carbocycles. The lowest BCUT2D eigenvalue weighted by Crippen LogP contribution is -2.21. The van der Waals surface area contributed by atoms with Gasteiger partial charge in [0.1, 0.15) is 11.5 Å². The van der Waals surface area contributed by atoms with Crippen molar-refractivity contribution in [2.75, 3.05) is 13.2 Å². The van der Waals surface area contributed by atoms with Gasteiger partial charge in [-0.1, -0.05) is 0 Å². The molecular weight excluding hydrogens is 154 g/mol. The van der Waals surface area contributed by atoms with E-state index in [9.17, 15) is 0 Å². The van der Waals surface area contributed by atoms with Gasteiger partial charge in [0.05, 0.1) is 12.6 Å². The molecule has 0 bridgehead atoms. The van der Waals surface area contributed by atoms with Crippen LogP contribution in [0.5, 0.6) is 0 Å². The lowest BCUT2D eigenvalue weighted by molar-refractivity contribution is 0.281. The second-order valence-corrected chi connectivity index (χ2v) is 2.85. The molecule has 0 aliphatic heterocycles. The number of aliphatic hydroxyl groups excluding tert-OH is 1. The second-order valence-electron chi connectivity index (χ2n) is 2.85. The van der Waals surface area contributed by atoms with Crippen molar-refractivity contribution in [1.82, 2.24) is 5.32 Å². The van der Waals surface area contributed by atoms with Crippen LogP contribution in [-0.4, -0.2) is 18.3 Å². The Morgan fingerprint density at radius 2 is 2.33 bits per heavy atom. The highest BCUT2D eigenvalue weighted by molar-refractivity contribution is 5.08. The van der Waals surface area contributed by atoms with Crippen LogP contribution >= 0.6 is 0 Å². The van der Waals surface area contributed by atoms with Gasteiger partial charge >= 0.3 is 0 Å². The summed E-state index contributed by atoms with van der Waals surface area (Å²) in [6, 6.07) is 4.06. The molecule has 1 aromatic heterocycles. The fourth-order valence-corrected chi connectivity index (χ4v) is 1.07. The number of nitrogens with one attached hydrogen (secondary N) is 1. The molecule has 12 heavy (non-hydrogen) atoms. The summed E-state index contributed by atoms with van der Waals surface area (Å²) in [5, 5.41) is 11.7.